The first kappa shape index (κ1) is 38.2. The van der Waals surface area contributed by atoms with Crippen molar-refractivity contribution in [1.29, 1.82) is 0 Å². The molecule has 8 rings (SSSR count). The van der Waals surface area contributed by atoms with E-state index in [0.29, 0.717) is 62.9 Å². The molecule has 0 spiro atoms. The van der Waals surface area contributed by atoms with E-state index in [1.807, 2.05) is 73.7 Å². The lowest BCUT2D eigenvalue weighted by atomic mass is 10.1. The Bertz CT molecular complexity index is 2770. The Morgan fingerprint density at radius 3 is 2.17 bits per heavy atom. The molecular weight excluding hydrogens is 783 g/mol. The lowest BCUT2D eigenvalue weighted by Crippen LogP contribution is -2.39. The van der Waals surface area contributed by atoms with E-state index in [2.05, 4.69) is 56.7 Å². The molecule has 1 atom stereocenters. The van der Waals surface area contributed by atoms with Gasteiger partial charge in [-0.15, -0.1) is 10.2 Å². The SMILES string of the molecule is COc1cc(-c2nc(Nc3ccc4[nH]ncc4c3Cl)n(C)n2)ccc1NCC(=O)NC(C)Cn1ncc2c(Cl)c(Nc3nc(-c4ccc(CO)cc4)nn3C)ccc21. The summed E-state index contributed by atoms with van der Waals surface area (Å²) in [6.45, 7) is 2.30. The zero-order valence-corrected chi connectivity index (χ0v) is 33.3. The van der Waals surface area contributed by atoms with Crippen LogP contribution in [0.1, 0.15) is 12.5 Å². The summed E-state index contributed by atoms with van der Waals surface area (Å²) >= 11 is 13.5. The topological polar surface area (TPSA) is 203 Å². The molecule has 17 nitrogen and oxygen atoms in total. The summed E-state index contributed by atoms with van der Waals surface area (Å²) in [7, 11) is 5.14. The summed E-state index contributed by atoms with van der Waals surface area (Å²) in [5.74, 6) is 2.33. The Kier molecular flexibility index (Phi) is 10.6. The van der Waals surface area contributed by atoms with E-state index in [-0.39, 0.29) is 25.1 Å². The van der Waals surface area contributed by atoms with Gasteiger partial charge in [-0.2, -0.15) is 20.2 Å². The van der Waals surface area contributed by atoms with E-state index in [9.17, 15) is 9.90 Å². The average molecular weight is 822 g/mol. The molecule has 4 aromatic carbocycles. The molecule has 6 N–H and O–H groups in total. The standard InChI is InChI=1S/C39H38Cl2N14O3/c1-21(19-55-31-14-13-30(35(41)26(31)17-44-55)47-38-48-36(51-53(38)2)23-7-5-22(20-56)6-8-23)45-33(57)18-42-28-10-9-24(15-32(28)58-4)37-49-39(54(3)52-37)46-29-12-11-27-25(34(29)40)16-43-50-27/h5-17,21,42,56H,18-20H2,1-4H3,(H,43,50)(H,45,57)(H,46,49,52)(H,47,48,51). The fraction of sp³-hybridized carbons (Fsp3) is 0.205. The van der Waals surface area contributed by atoms with Crippen molar-refractivity contribution in [1.82, 2.24) is 54.8 Å². The summed E-state index contributed by atoms with van der Waals surface area (Å²) in [5, 5.41) is 45.2. The first-order chi connectivity index (χ1) is 28.1. The van der Waals surface area contributed by atoms with Gasteiger partial charge in [0.2, 0.25) is 17.8 Å². The maximum Gasteiger partial charge on any atom is 0.239 e. The van der Waals surface area contributed by atoms with Crippen LogP contribution in [0.5, 0.6) is 5.75 Å². The predicted octanol–water partition coefficient (Wildman–Crippen LogP) is 6.42. The highest BCUT2D eigenvalue weighted by Crippen LogP contribution is 2.35. The van der Waals surface area contributed by atoms with E-state index >= 15 is 0 Å². The molecule has 0 fully saturated rings. The van der Waals surface area contributed by atoms with Crippen LogP contribution >= 0.6 is 23.2 Å². The van der Waals surface area contributed by atoms with E-state index < -0.39 is 0 Å². The minimum Gasteiger partial charge on any atom is -0.495 e. The van der Waals surface area contributed by atoms with Crippen LogP contribution in [0.15, 0.2) is 79.1 Å². The van der Waals surface area contributed by atoms with E-state index in [1.165, 1.54) is 0 Å². The number of ether oxygens (including phenoxy) is 1. The number of aromatic amines is 1. The number of aromatic nitrogens is 10. The Balaban J connectivity index is 0.872. The van der Waals surface area contributed by atoms with Crippen LogP contribution < -0.4 is 26.0 Å². The lowest BCUT2D eigenvalue weighted by Gasteiger charge is -2.16. The summed E-state index contributed by atoms with van der Waals surface area (Å²) in [6, 6.07) is 20.2. The molecule has 19 heteroatoms. The van der Waals surface area contributed by atoms with Crippen LogP contribution in [0.3, 0.4) is 0 Å². The number of aliphatic hydroxyl groups excluding tert-OH is 1. The summed E-state index contributed by atoms with van der Waals surface area (Å²) in [4.78, 5) is 22.4. The van der Waals surface area contributed by atoms with Crippen LogP contribution in [0, 0.1) is 0 Å². The number of amides is 1. The van der Waals surface area contributed by atoms with Crippen molar-refractivity contribution >= 4 is 79.9 Å². The Morgan fingerprint density at radius 2 is 1.48 bits per heavy atom. The van der Waals surface area contributed by atoms with Gasteiger partial charge in [0, 0.05) is 42.0 Å². The monoisotopic (exact) mass is 820 g/mol. The van der Waals surface area contributed by atoms with Crippen LogP contribution in [-0.2, 0) is 32.0 Å². The van der Waals surface area contributed by atoms with Crippen molar-refractivity contribution in [3.8, 4) is 28.5 Å². The van der Waals surface area contributed by atoms with Crippen LogP contribution in [0.25, 0.3) is 44.6 Å². The number of halogens is 2. The van der Waals surface area contributed by atoms with Crippen molar-refractivity contribution in [3.63, 3.8) is 0 Å². The van der Waals surface area contributed by atoms with Gasteiger partial charge in [0.05, 0.1) is 77.3 Å². The van der Waals surface area contributed by atoms with Crippen molar-refractivity contribution in [2.24, 2.45) is 14.1 Å². The maximum absolute atomic E-state index is 13.1. The lowest BCUT2D eigenvalue weighted by molar-refractivity contribution is -0.120. The number of nitrogens with one attached hydrogen (secondary N) is 5. The Labute approximate surface area is 341 Å². The number of carbonyl (C=O) groups is 1. The zero-order valence-electron chi connectivity index (χ0n) is 31.7. The molecular formula is C39H38Cl2N14O3. The highest BCUT2D eigenvalue weighted by molar-refractivity contribution is 6.38. The molecule has 0 radical (unpaired) electrons. The van der Waals surface area contributed by atoms with Crippen molar-refractivity contribution in [3.05, 3.63) is 94.7 Å². The molecule has 8 aromatic rings. The normalized spacial score (nSPS) is 11.9. The fourth-order valence-corrected chi connectivity index (χ4v) is 6.97. The largest absolute Gasteiger partial charge is 0.495 e. The molecule has 0 saturated carbocycles. The Morgan fingerprint density at radius 1 is 0.845 bits per heavy atom. The predicted molar refractivity (Wildman–Crippen MR) is 224 cm³/mol. The van der Waals surface area contributed by atoms with E-state index in [1.54, 1.807) is 47.6 Å². The molecule has 296 valence electrons. The summed E-state index contributed by atoms with van der Waals surface area (Å²) in [6.07, 6.45) is 3.38. The van der Waals surface area contributed by atoms with E-state index in [4.69, 9.17) is 27.9 Å². The van der Waals surface area contributed by atoms with Crippen molar-refractivity contribution in [2.75, 3.05) is 29.6 Å². The second-order valence-corrected chi connectivity index (χ2v) is 14.3. The number of anilines is 5. The van der Waals surface area contributed by atoms with Gasteiger partial charge in [0.1, 0.15) is 5.75 Å². The first-order valence-corrected chi connectivity index (χ1v) is 18.9. The number of hydrogen-bond acceptors (Lipinski definition) is 12. The molecule has 4 aromatic heterocycles. The first-order valence-electron chi connectivity index (χ1n) is 18.1. The Hall–Kier alpha value is -6.69. The molecule has 0 aliphatic rings. The van der Waals surface area contributed by atoms with Crippen LogP contribution in [0.4, 0.5) is 29.0 Å². The van der Waals surface area contributed by atoms with Crippen molar-refractivity contribution in [2.45, 2.75) is 26.1 Å². The number of rotatable bonds is 14. The van der Waals surface area contributed by atoms with Gasteiger partial charge in [0.25, 0.3) is 0 Å². The molecule has 1 unspecified atom stereocenters. The molecule has 0 bridgehead atoms. The van der Waals surface area contributed by atoms with Gasteiger partial charge < -0.3 is 31.1 Å². The second kappa shape index (κ2) is 16.0. The van der Waals surface area contributed by atoms with Gasteiger partial charge in [-0.3, -0.25) is 14.6 Å². The molecule has 0 aliphatic heterocycles. The molecule has 1 amide bonds. The number of methoxy groups -OCH3 is 1. The molecule has 0 saturated heterocycles. The number of hydrogen-bond donors (Lipinski definition) is 6. The quantitative estimate of drug-likeness (QED) is 0.0705. The molecule has 58 heavy (non-hydrogen) atoms. The summed E-state index contributed by atoms with van der Waals surface area (Å²) < 4.78 is 10.7. The number of benzene rings is 4. The number of nitrogens with zero attached hydrogens (tertiary/aromatic N) is 9. The van der Waals surface area contributed by atoms with Gasteiger partial charge >= 0.3 is 0 Å². The minimum absolute atomic E-state index is 0.0101. The maximum atomic E-state index is 13.1. The number of carbonyl (C=O) groups excluding carboxylic acids is 1. The average Bonchev–Trinajstić information content (AvgIpc) is 4.03. The van der Waals surface area contributed by atoms with Gasteiger partial charge in [-0.05, 0) is 55.0 Å². The number of aliphatic hydroxyl groups is 1. The third kappa shape index (κ3) is 7.69. The van der Waals surface area contributed by atoms with E-state index in [0.717, 1.165) is 38.5 Å². The molecule has 4 heterocycles. The number of H-pyrrole nitrogens is 1. The van der Waals surface area contributed by atoms with Gasteiger partial charge in [-0.1, -0.05) is 47.5 Å². The highest BCUT2D eigenvalue weighted by Gasteiger charge is 2.18. The van der Waals surface area contributed by atoms with Crippen molar-refractivity contribution < 1.29 is 14.6 Å². The third-order valence-electron chi connectivity index (χ3n) is 9.49. The molecule has 0 aliphatic carbocycles. The zero-order chi connectivity index (χ0) is 40.5. The third-order valence-corrected chi connectivity index (χ3v) is 10.3. The minimum atomic E-state index is -0.253. The van der Waals surface area contributed by atoms with Crippen LogP contribution in [0.2, 0.25) is 10.0 Å². The fourth-order valence-electron chi connectivity index (χ4n) is 6.46. The summed E-state index contributed by atoms with van der Waals surface area (Å²) in [5.41, 5.74) is 5.95. The second-order valence-electron chi connectivity index (χ2n) is 13.6. The smallest absolute Gasteiger partial charge is 0.239 e. The van der Waals surface area contributed by atoms with Crippen LogP contribution in [-0.4, -0.2) is 80.2 Å². The number of fused-ring (bicyclic) bond motifs is 2. The van der Waals surface area contributed by atoms with Gasteiger partial charge in [-0.25, -0.2) is 9.36 Å². The highest BCUT2D eigenvalue weighted by atomic mass is 35.5. The van der Waals surface area contributed by atoms with Gasteiger partial charge in [0.15, 0.2) is 11.6 Å². The number of aryl methyl sites for hydroxylation is 2.